The molecule has 1 amide bonds. The van der Waals surface area contributed by atoms with Gasteiger partial charge in [-0.05, 0) is 6.42 Å². The summed E-state index contributed by atoms with van der Waals surface area (Å²) in [6, 6.07) is -0.377. The summed E-state index contributed by atoms with van der Waals surface area (Å²) >= 11 is 0. The molecule has 1 heterocycles. The molecule has 2 N–H and O–H groups in total. The maximum atomic E-state index is 11.3. The van der Waals surface area contributed by atoms with Gasteiger partial charge in [-0.3, -0.25) is 9.59 Å². The minimum absolute atomic E-state index is 0.0658. The molecule has 1 saturated heterocycles. The van der Waals surface area contributed by atoms with E-state index in [1.54, 1.807) is 4.90 Å². The Hall–Kier alpha value is -1.10. The lowest BCUT2D eigenvalue weighted by atomic mass is 10.3. The Balaban J connectivity index is 2.30. The monoisotopic (exact) mass is 186 g/mol. The van der Waals surface area contributed by atoms with Crippen molar-refractivity contribution in [2.45, 2.75) is 18.9 Å². The van der Waals surface area contributed by atoms with Crippen LogP contribution < -0.4 is 5.73 Å². The first kappa shape index (κ1) is 9.98. The van der Waals surface area contributed by atoms with E-state index < -0.39 is 0 Å². The standard InChI is InChI=1S/C8H14N2O3/c1-13-7(11)3-5-10-4-2-6(9)8(10)12/h6H,2-5,9H2,1H3/t6-/m1/s1. The first-order valence-corrected chi connectivity index (χ1v) is 4.26. The summed E-state index contributed by atoms with van der Waals surface area (Å²) in [5.74, 6) is -0.364. The third kappa shape index (κ3) is 2.42. The molecule has 0 aromatic heterocycles. The van der Waals surface area contributed by atoms with Crippen molar-refractivity contribution in [2.24, 2.45) is 5.73 Å². The van der Waals surface area contributed by atoms with Gasteiger partial charge in [0.15, 0.2) is 0 Å². The molecule has 13 heavy (non-hydrogen) atoms. The number of hydrogen-bond acceptors (Lipinski definition) is 4. The molecule has 0 unspecified atom stereocenters. The minimum Gasteiger partial charge on any atom is -0.469 e. The van der Waals surface area contributed by atoms with Crippen LogP contribution in [0, 0.1) is 0 Å². The van der Waals surface area contributed by atoms with E-state index in [1.807, 2.05) is 0 Å². The summed E-state index contributed by atoms with van der Waals surface area (Å²) in [6.07, 6.45) is 0.926. The highest BCUT2D eigenvalue weighted by atomic mass is 16.5. The summed E-state index contributed by atoms with van der Waals surface area (Å²) < 4.78 is 4.46. The molecular weight excluding hydrogens is 172 g/mol. The van der Waals surface area contributed by atoms with Gasteiger partial charge in [-0.15, -0.1) is 0 Å². The van der Waals surface area contributed by atoms with Gasteiger partial charge >= 0.3 is 5.97 Å². The Morgan fingerprint density at radius 2 is 2.46 bits per heavy atom. The van der Waals surface area contributed by atoms with Crippen LogP contribution in [0.3, 0.4) is 0 Å². The van der Waals surface area contributed by atoms with Crippen molar-refractivity contribution >= 4 is 11.9 Å². The SMILES string of the molecule is COC(=O)CCN1CC[C@@H](N)C1=O. The lowest BCUT2D eigenvalue weighted by Gasteiger charge is -2.14. The third-order valence-electron chi connectivity index (χ3n) is 2.15. The Kier molecular flexibility index (Phi) is 3.25. The maximum Gasteiger partial charge on any atom is 0.307 e. The van der Waals surface area contributed by atoms with E-state index in [9.17, 15) is 9.59 Å². The lowest BCUT2D eigenvalue weighted by Crippen LogP contribution is -2.35. The molecule has 1 aliphatic rings. The number of carbonyl (C=O) groups excluding carboxylic acids is 2. The lowest BCUT2D eigenvalue weighted by molar-refractivity contribution is -0.141. The molecule has 74 valence electrons. The average Bonchev–Trinajstić information content (AvgIpc) is 2.44. The first-order valence-electron chi connectivity index (χ1n) is 4.26. The van der Waals surface area contributed by atoms with E-state index in [-0.39, 0.29) is 24.3 Å². The van der Waals surface area contributed by atoms with E-state index in [2.05, 4.69) is 4.74 Å². The van der Waals surface area contributed by atoms with Crippen LogP contribution >= 0.6 is 0 Å². The van der Waals surface area contributed by atoms with Gasteiger partial charge in [0.1, 0.15) is 0 Å². The van der Waals surface area contributed by atoms with Gasteiger partial charge in [-0.25, -0.2) is 0 Å². The van der Waals surface area contributed by atoms with Crippen molar-refractivity contribution < 1.29 is 14.3 Å². The molecule has 5 heteroatoms. The summed E-state index contributed by atoms with van der Waals surface area (Å²) in [6.45, 7) is 1.07. The van der Waals surface area contributed by atoms with Crippen LogP contribution in [0.5, 0.6) is 0 Å². The van der Waals surface area contributed by atoms with Crippen molar-refractivity contribution in [3.63, 3.8) is 0 Å². The van der Waals surface area contributed by atoms with E-state index in [1.165, 1.54) is 7.11 Å². The number of hydrogen-bond donors (Lipinski definition) is 1. The van der Waals surface area contributed by atoms with Crippen LogP contribution in [0.4, 0.5) is 0 Å². The average molecular weight is 186 g/mol. The molecule has 0 saturated carbocycles. The van der Waals surface area contributed by atoms with Crippen molar-refractivity contribution in [1.29, 1.82) is 0 Å². The Bertz CT molecular complexity index is 217. The molecular formula is C8H14N2O3. The van der Waals surface area contributed by atoms with Crippen molar-refractivity contribution in [2.75, 3.05) is 20.2 Å². The summed E-state index contributed by atoms with van der Waals surface area (Å²) in [7, 11) is 1.33. The zero-order chi connectivity index (χ0) is 9.84. The highest BCUT2D eigenvalue weighted by Crippen LogP contribution is 2.09. The summed E-state index contributed by atoms with van der Waals surface area (Å²) in [4.78, 5) is 23.6. The van der Waals surface area contributed by atoms with E-state index in [0.29, 0.717) is 19.5 Å². The molecule has 1 fully saturated rings. The van der Waals surface area contributed by atoms with Crippen LogP contribution in [0.15, 0.2) is 0 Å². The van der Waals surface area contributed by atoms with Crippen LogP contribution in [0.25, 0.3) is 0 Å². The quantitative estimate of drug-likeness (QED) is 0.580. The van der Waals surface area contributed by atoms with Gasteiger partial charge in [0.2, 0.25) is 5.91 Å². The molecule has 1 rings (SSSR count). The fourth-order valence-corrected chi connectivity index (χ4v) is 1.31. The van der Waals surface area contributed by atoms with Gasteiger partial charge in [0, 0.05) is 13.1 Å². The Morgan fingerprint density at radius 3 is 2.92 bits per heavy atom. The third-order valence-corrected chi connectivity index (χ3v) is 2.15. The van der Waals surface area contributed by atoms with E-state index >= 15 is 0 Å². The van der Waals surface area contributed by atoms with E-state index in [0.717, 1.165) is 0 Å². The van der Waals surface area contributed by atoms with Crippen LogP contribution in [-0.2, 0) is 14.3 Å². The summed E-state index contributed by atoms with van der Waals surface area (Å²) in [5, 5.41) is 0. The van der Waals surface area contributed by atoms with Crippen molar-refractivity contribution in [3.05, 3.63) is 0 Å². The number of likely N-dealkylation sites (tertiary alicyclic amines) is 1. The number of rotatable bonds is 3. The number of carbonyl (C=O) groups is 2. The Labute approximate surface area is 76.8 Å². The van der Waals surface area contributed by atoms with Crippen LogP contribution in [-0.4, -0.2) is 43.0 Å². The Morgan fingerprint density at radius 1 is 1.77 bits per heavy atom. The van der Waals surface area contributed by atoms with Gasteiger partial charge in [0.25, 0.3) is 0 Å². The normalized spacial score (nSPS) is 22.2. The van der Waals surface area contributed by atoms with Crippen LogP contribution in [0.1, 0.15) is 12.8 Å². The molecule has 1 aliphatic heterocycles. The molecule has 0 radical (unpaired) electrons. The molecule has 5 nitrogen and oxygen atoms in total. The smallest absolute Gasteiger partial charge is 0.307 e. The van der Waals surface area contributed by atoms with Gasteiger partial charge in [-0.2, -0.15) is 0 Å². The van der Waals surface area contributed by atoms with Gasteiger partial charge < -0.3 is 15.4 Å². The van der Waals surface area contributed by atoms with E-state index in [4.69, 9.17) is 5.73 Å². The predicted molar refractivity (Wildman–Crippen MR) is 45.8 cm³/mol. The zero-order valence-corrected chi connectivity index (χ0v) is 7.66. The molecule has 1 atom stereocenters. The van der Waals surface area contributed by atoms with Gasteiger partial charge in [0.05, 0.1) is 19.6 Å². The number of ether oxygens (including phenoxy) is 1. The van der Waals surface area contributed by atoms with Crippen LogP contribution in [0.2, 0.25) is 0 Å². The van der Waals surface area contributed by atoms with Crippen molar-refractivity contribution in [3.8, 4) is 0 Å². The second kappa shape index (κ2) is 4.23. The van der Waals surface area contributed by atoms with Gasteiger partial charge in [-0.1, -0.05) is 0 Å². The number of nitrogens with zero attached hydrogens (tertiary/aromatic N) is 1. The number of esters is 1. The molecule has 0 aromatic rings. The topological polar surface area (TPSA) is 72.6 Å². The zero-order valence-electron chi connectivity index (χ0n) is 7.66. The molecule has 0 spiro atoms. The molecule has 0 bridgehead atoms. The number of amides is 1. The largest absolute Gasteiger partial charge is 0.469 e. The highest BCUT2D eigenvalue weighted by molar-refractivity contribution is 5.84. The highest BCUT2D eigenvalue weighted by Gasteiger charge is 2.28. The maximum absolute atomic E-state index is 11.3. The first-order chi connectivity index (χ1) is 6.15. The summed E-state index contributed by atoms with van der Waals surface area (Å²) in [5.41, 5.74) is 5.50. The fourth-order valence-electron chi connectivity index (χ4n) is 1.31. The minimum atomic E-state index is -0.377. The molecule has 0 aromatic carbocycles. The van der Waals surface area contributed by atoms with Crippen molar-refractivity contribution in [1.82, 2.24) is 4.90 Å². The number of methoxy groups -OCH3 is 1. The second-order valence-corrected chi connectivity index (χ2v) is 3.05. The number of nitrogens with two attached hydrogens (primary N) is 1. The fraction of sp³-hybridized carbons (Fsp3) is 0.750. The predicted octanol–water partition coefficient (Wildman–Crippen LogP) is -0.891. The molecule has 0 aliphatic carbocycles. The second-order valence-electron chi connectivity index (χ2n) is 3.05.